The number of ether oxygens (including phenoxy) is 1. The zero-order valence-corrected chi connectivity index (χ0v) is 9.37. The van der Waals surface area contributed by atoms with Gasteiger partial charge in [-0.2, -0.15) is 0 Å². The summed E-state index contributed by atoms with van der Waals surface area (Å²) in [6, 6.07) is 0. The van der Waals surface area contributed by atoms with Crippen LogP contribution in [0.15, 0.2) is 0 Å². The molecule has 2 aliphatic heterocycles. The fourth-order valence-electron chi connectivity index (χ4n) is 2.29. The first kappa shape index (κ1) is 10.9. The normalized spacial score (nSPS) is 23.7. The van der Waals surface area contributed by atoms with Gasteiger partial charge in [-0.25, -0.2) is 0 Å². The van der Waals surface area contributed by atoms with Crippen molar-refractivity contribution in [2.45, 2.75) is 19.3 Å². The van der Waals surface area contributed by atoms with Crippen molar-refractivity contribution in [2.75, 3.05) is 45.9 Å². The summed E-state index contributed by atoms with van der Waals surface area (Å²) in [4.78, 5) is 4.68. The predicted octanol–water partition coefficient (Wildman–Crippen LogP) is 0.782. The minimum Gasteiger partial charge on any atom is -0.379 e. The fourth-order valence-corrected chi connectivity index (χ4v) is 2.29. The van der Waals surface area contributed by atoms with Crippen molar-refractivity contribution in [3.63, 3.8) is 0 Å². The third-order valence-electron chi connectivity index (χ3n) is 3.23. The van der Waals surface area contributed by atoms with E-state index in [2.05, 4.69) is 9.80 Å². The van der Waals surface area contributed by atoms with Crippen LogP contribution in [0.2, 0.25) is 0 Å². The summed E-state index contributed by atoms with van der Waals surface area (Å²) in [7, 11) is 0. The molecule has 0 atom stereocenters. The summed E-state index contributed by atoms with van der Waals surface area (Å²) in [5.74, 6) is 0.844. The van der Waals surface area contributed by atoms with Gasteiger partial charge in [0, 0.05) is 39.1 Å². The average Bonchev–Trinajstić information content (AvgIpc) is 2.66. The highest BCUT2D eigenvalue weighted by Crippen LogP contribution is 2.10. The van der Waals surface area contributed by atoms with Crippen molar-refractivity contribution >= 4 is 5.84 Å². The summed E-state index contributed by atoms with van der Waals surface area (Å²) in [6.07, 6.45) is 3.34. The highest BCUT2D eigenvalue weighted by Gasteiger charge is 2.16. The number of hydrogen-bond donors (Lipinski definition) is 1. The molecule has 0 aromatic heterocycles. The molecule has 0 spiro atoms. The zero-order valence-electron chi connectivity index (χ0n) is 9.37. The molecule has 4 heteroatoms. The molecular weight excluding hydrogens is 190 g/mol. The second-order valence-corrected chi connectivity index (χ2v) is 4.34. The highest BCUT2D eigenvalue weighted by molar-refractivity contribution is 5.80. The fraction of sp³-hybridized carbons (Fsp3) is 0.909. The molecule has 0 aromatic carbocycles. The smallest absolute Gasteiger partial charge is 0.0958 e. The molecule has 0 aromatic rings. The van der Waals surface area contributed by atoms with Gasteiger partial charge in [-0.15, -0.1) is 0 Å². The van der Waals surface area contributed by atoms with Crippen LogP contribution < -0.4 is 0 Å². The number of morpholine rings is 1. The van der Waals surface area contributed by atoms with Crippen LogP contribution in [0.25, 0.3) is 0 Å². The lowest BCUT2D eigenvalue weighted by Crippen LogP contribution is -2.38. The van der Waals surface area contributed by atoms with Crippen LogP contribution in [-0.4, -0.2) is 61.6 Å². The first-order valence-corrected chi connectivity index (χ1v) is 5.99. The van der Waals surface area contributed by atoms with Gasteiger partial charge in [0.25, 0.3) is 0 Å². The number of nitrogens with one attached hydrogen (secondary N) is 1. The van der Waals surface area contributed by atoms with Crippen LogP contribution in [0.4, 0.5) is 0 Å². The Kier molecular flexibility index (Phi) is 3.97. The van der Waals surface area contributed by atoms with Crippen molar-refractivity contribution < 1.29 is 4.74 Å². The molecule has 2 aliphatic rings. The number of nitrogens with zero attached hydrogens (tertiary/aromatic N) is 2. The van der Waals surface area contributed by atoms with Crippen molar-refractivity contribution in [1.29, 1.82) is 5.41 Å². The van der Waals surface area contributed by atoms with Gasteiger partial charge in [-0.05, 0) is 12.8 Å². The van der Waals surface area contributed by atoms with E-state index >= 15 is 0 Å². The molecule has 2 saturated heterocycles. The summed E-state index contributed by atoms with van der Waals surface area (Å²) in [5, 5.41) is 7.72. The molecule has 4 nitrogen and oxygen atoms in total. The quantitative estimate of drug-likeness (QED) is 0.747. The molecule has 1 N–H and O–H groups in total. The number of likely N-dealkylation sites (tertiary alicyclic amines) is 1. The Hall–Kier alpha value is -0.610. The lowest BCUT2D eigenvalue weighted by Gasteiger charge is -2.27. The molecule has 0 unspecified atom stereocenters. The molecule has 0 aliphatic carbocycles. The number of amidine groups is 1. The van der Waals surface area contributed by atoms with Crippen LogP contribution in [0.5, 0.6) is 0 Å². The first-order valence-electron chi connectivity index (χ1n) is 5.99. The number of rotatable bonds is 4. The van der Waals surface area contributed by atoms with Gasteiger partial charge in [-0.3, -0.25) is 10.3 Å². The maximum Gasteiger partial charge on any atom is 0.0958 e. The van der Waals surface area contributed by atoms with E-state index in [-0.39, 0.29) is 0 Å². The van der Waals surface area contributed by atoms with E-state index in [9.17, 15) is 0 Å². The SMILES string of the molecule is N=C1CCCN1CCCN1CCOCC1. The Bertz CT molecular complexity index is 214. The van der Waals surface area contributed by atoms with Gasteiger partial charge in [0.15, 0.2) is 0 Å². The molecule has 0 saturated carbocycles. The van der Waals surface area contributed by atoms with E-state index in [0.717, 1.165) is 58.2 Å². The third-order valence-corrected chi connectivity index (χ3v) is 3.23. The maximum absolute atomic E-state index is 7.72. The van der Waals surface area contributed by atoms with Gasteiger partial charge in [0.05, 0.1) is 19.0 Å². The van der Waals surface area contributed by atoms with Crippen molar-refractivity contribution in [2.24, 2.45) is 0 Å². The Balaban J connectivity index is 1.59. The largest absolute Gasteiger partial charge is 0.379 e. The summed E-state index contributed by atoms with van der Waals surface area (Å²) < 4.78 is 5.31. The Labute approximate surface area is 91.7 Å². The van der Waals surface area contributed by atoms with Gasteiger partial charge in [0.1, 0.15) is 0 Å². The summed E-state index contributed by atoms with van der Waals surface area (Å²) >= 11 is 0. The van der Waals surface area contributed by atoms with E-state index < -0.39 is 0 Å². The Morgan fingerprint density at radius 3 is 2.60 bits per heavy atom. The lowest BCUT2D eigenvalue weighted by atomic mass is 10.3. The molecule has 2 fully saturated rings. The van der Waals surface area contributed by atoms with E-state index in [1.54, 1.807) is 0 Å². The van der Waals surface area contributed by atoms with Crippen LogP contribution in [0, 0.1) is 5.41 Å². The van der Waals surface area contributed by atoms with E-state index in [0.29, 0.717) is 0 Å². The van der Waals surface area contributed by atoms with Gasteiger partial charge in [0.2, 0.25) is 0 Å². The van der Waals surface area contributed by atoms with Crippen LogP contribution in [0.1, 0.15) is 19.3 Å². The van der Waals surface area contributed by atoms with Gasteiger partial charge < -0.3 is 9.64 Å². The van der Waals surface area contributed by atoms with Crippen molar-refractivity contribution in [3.05, 3.63) is 0 Å². The monoisotopic (exact) mass is 211 g/mol. The van der Waals surface area contributed by atoms with Gasteiger partial charge in [-0.1, -0.05) is 0 Å². The minimum absolute atomic E-state index is 0.844. The van der Waals surface area contributed by atoms with Crippen LogP contribution in [-0.2, 0) is 4.74 Å². The lowest BCUT2D eigenvalue weighted by molar-refractivity contribution is 0.0368. The first-order chi connectivity index (χ1) is 7.36. The molecular formula is C11H21N3O. The van der Waals surface area contributed by atoms with Crippen LogP contribution >= 0.6 is 0 Å². The molecule has 15 heavy (non-hydrogen) atoms. The third kappa shape index (κ3) is 3.18. The predicted molar refractivity (Wildman–Crippen MR) is 60.4 cm³/mol. The topological polar surface area (TPSA) is 39.6 Å². The molecule has 2 heterocycles. The van der Waals surface area contributed by atoms with E-state index in [1.165, 1.54) is 12.8 Å². The van der Waals surface area contributed by atoms with Crippen molar-refractivity contribution in [3.8, 4) is 0 Å². The Morgan fingerprint density at radius 1 is 1.13 bits per heavy atom. The molecule has 0 radical (unpaired) electrons. The summed E-state index contributed by atoms with van der Waals surface area (Å²) in [5.41, 5.74) is 0. The van der Waals surface area contributed by atoms with Crippen molar-refractivity contribution in [1.82, 2.24) is 9.80 Å². The summed E-state index contributed by atoms with van der Waals surface area (Å²) in [6.45, 7) is 7.26. The second kappa shape index (κ2) is 5.47. The zero-order chi connectivity index (χ0) is 10.5. The molecule has 0 amide bonds. The molecule has 86 valence electrons. The van der Waals surface area contributed by atoms with E-state index in [1.807, 2.05) is 0 Å². The maximum atomic E-state index is 7.72. The molecule has 0 bridgehead atoms. The van der Waals surface area contributed by atoms with Gasteiger partial charge >= 0.3 is 0 Å². The Morgan fingerprint density at radius 2 is 1.93 bits per heavy atom. The standard InChI is InChI=1S/C11H21N3O/c12-11-3-1-5-14(11)6-2-4-13-7-9-15-10-8-13/h12H,1-10H2. The minimum atomic E-state index is 0.844. The second-order valence-electron chi connectivity index (χ2n) is 4.34. The molecule has 2 rings (SSSR count). The van der Waals surface area contributed by atoms with Crippen LogP contribution in [0.3, 0.4) is 0 Å². The highest BCUT2D eigenvalue weighted by atomic mass is 16.5. The van der Waals surface area contributed by atoms with E-state index in [4.69, 9.17) is 10.1 Å². The average molecular weight is 211 g/mol. The number of hydrogen-bond acceptors (Lipinski definition) is 3.